The lowest BCUT2D eigenvalue weighted by Gasteiger charge is -2.48. The van der Waals surface area contributed by atoms with E-state index in [1.807, 2.05) is 85.8 Å². The van der Waals surface area contributed by atoms with Crippen LogP contribution in [0.25, 0.3) is 0 Å². The smallest absolute Gasteiger partial charge is 0.412 e. The number of benzene rings is 4. The molecule has 0 bridgehead atoms. The van der Waals surface area contributed by atoms with Gasteiger partial charge in [-0.05, 0) is 124 Å². The topological polar surface area (TPSA) is 83.5 Å². The summed E-state index contributed by atoms with van der Waals surface area (Å²) in [6.07, 6.45) is 3.21. The van der Waals surface area contributed by atoms with Gasteiger partial charge in [-0.25, -0.2) is 4.79 Å². The van der Waals surface area contributed by atoms with Crippen LogP contribution in [0, 0.1) is 11.8 Å². The van der Waals surface area contributed by atoms with E-state index in [-0.39, 0.29) is 29.7 Å². The van der Waals surface area contributed by atoms with Crippen molar-refractivity contribution in [3.63, 3.8) is 0 Å². The van der Waals surface area contributed by atoms with Crippen LogP contribution in [0.3, 0.4) is 0 Å². The quantitative estimate of drug-likeness (QED) is 0.0526. The summed E-state index contributed by atoms with van der Waals surface area (Å²) < 4.78 is 33.3. The molecule has 322 valence electrons. The molecule has 11 heteroatoms. The Kier molecular flexibility index (Phi) is 15.7. The van der Waals surface area contributed by atoms with E-state index in [2.05, 4.69) is 120 Å². The number of hydrogen-bond acceptors (Lipinski definition) is 7. The number of ether oxygens (including phenoxy) is 3. The van der Waals surface area contributed by atoms with Crippen LogP contribution < -0.4 is 9.47 Å². The summed E-state index contributed by atoms with van der Waals surface area (Å²) in [5.74, 6) is 1.02. The Hall–Kier alpha value is -3.76. The maximum atomic E-state index is 13.6. The number of nitrogens with zero attached hydrogens (tertiary/aromatic N) is 1. The molecule has 5 atom stereocenters. The van der Waals surface area contributed by atoms with Gasteiger partial charge in [0.25, 0.3) is 0 Å². The molecule has 0 saturated carbocycles. The van der Waals surface area contributed by atoms with Crippen LogP contribution in [0.1, 0.15) is 75.5 Å². The van der Waals surface area contributed by atoms with Crippen LogP contribution in [0.4, 0.5) is 4.79 Å². The summed E-state index contributed by atoms with van der Waals surface area (Å²) in [6.45, 7) is 24.8. The van der Waals surface area contributed by atoms with Gasteiger partial charge in [0.2, 0.25) is 0 Å². The fourth-order valence-corrected chi connectivity index (χ4v) is 10.6. The molecule has 1 heterocycles. The van der Waals surface area contributed by atoms with Crippen LogP contribution in [0.2, 0.25) is 37.8 Å². The first kappa shape index (κ1) is 47.3. The predicted molar refractivity (Wildman–Crippen MR) is 254 cm³/mol. The van der Waals surface area contributed by atoms with Crippen molar-refractivity contribution in [2.24, 2.45) is 11.8 Å². The highest BCUT2D eigenvalue weighted by Crippen LogP contribution is 2.45. The van der Waals surface area contributed by atoms with Gasteiger partial charge in [-0.15, -0.1) is 0 Å². The molecule has 5 rings (SSSR count). The first-order valence-electron chi connectivity index (χ1n) is 20.9. The van der Waals surface area contributed by atoms with Gasteiger partial charge in [0, 0.05) is 11.5 Å². The van der Waals surface area contributed by atoms with E-state index in [0.717, 1.165) is 34.3 Å². The van der Waals surface area contributed by atoms with E-state index in [4.69, 9.17) is 23.1 Å². The van der Waals surface area contributed by atoms with Crippen molar-refractivity contribution in [3.8, 4) is 11.5 Å². The van der Waals surface area contributed by atoms with Crippen molar-refractivity contribution in [1.29, 1.82) is 0 Å². The number of amides is 1. The largest absolute Gasteiger partial charge is 0.489 e. The van der Waals surface area contributed by atoms with E-state index in [1.165, 1.54) is 3.58 Å². The van der Waals surface area contributed by atoms with Crippen LogP contribution in [-0.2, 0) is 43.7 Å². The van der Waals surface area contributed by atoms with Gasteiger partial charge in [-0.3, -0.25) is 4.90 Å². The van der Waals surface area contributed by atoms with Crippen molar-refractivity contribution in [2.75, 3.05) is 6.61 Å². The summed E-state index contributed by atoms with van der Waals surface area (Å²) in [4.78, 5) is 27.9. The molecule has 1 saturated heterocycles. The van der Waals surface area contributed by atoms with Crippen molar-refractivity contribution < 1.29 is 32.7 Å². The zero-order valence-electron chi connectivity index (χ0n) is 37.3. The molecule has 1 amide bonds. The lowest BCUT2D eigenvalue weighted by molar-refractivity contribution is -0.140. The molecule has 0 aromatic heterocycles. The van der Waals surface area contributed by atoms with Gasteiger partial charge in [-0.1, -0.05) is 120 Å². The standard InChI is InChI=1S/C49H64INO7Si2/c1-35(29-37(3)50)46(57-60(10,11)48(4,5)6)41-21-25-44(26-22-41)54-32-39-17-19-40(20-18-39)33-55-45-27-23-42(24-28-45)49(36(2)31-52,58-59(7,8)9)51-43(34-56-47(51)53)30-38-15-13-12-14-16-38/h12-29,31,35-36,43,46H,30,32-34H2,1-11H3/b37-29+/t35-,36-,43-,46-,49-/m0/s1. The third-order valence-electron chi connectivity index (χ3n) is 11.4. The normalized spacial score (nSPS) is 17.7. The number of aldehydes is 1. The minimum atomic E-state index is -2.36. The Morgan fingerprint density at radius 3 is 1.83 bits per heavy atom. The van der Waals surface area contributed by atoms with E-state index in [1.54, 1.807) is 4.90 Å². The first-order valence-corrected chi connectivity index (χ1v) is 28.3. The molecule has 0 spiro atoms. The van der Waals surface area contributed by atoms with Gasteiger partial charge >= 0.3 is 6.09 Å². The molecule has 0 radical (unpaired) electrons. The van der Waals surface area contributed by atoms with Gasteiger partial charge in [-0.2, -0.15) is 0 Å². The van der Waals surface area contributed by atoms with Gasteiger partial charge < -0.3 is 27.9 Å². The highest BCUT2D eigenvalue weighted by Gasteiger charge is 2.55. The molecule has 60 heavy (non-hydrogen) atoms. The number of halogens is 1. The number of cyclic esters (lactones) is 1. The third-order valence-corrected chi connectivity index (χ3v) is 17.2. The number of carbonyl (C=O) groups is 2. The molecule has 1 fully saturated rings. The van der Waals surface area contributed by atoms with Crippen molar-refractivity contribution in [2.45, 2.75) is 117 Å². The molecule has 4 aromatic rings. The molecule has 1 aliphatic rings. The number of hydrogen-bond donors (Lipinski definition) is 0. The minimum Gasteiger partial charge on any atom is -0.489 e. The van der Waals surface area contributed by atoms with Crippen LogP contribution in [0.15, 0.2) is 113 Å². The van der Waals surface area contributed by atoms with Crippen molar-refractivity contribution in [1.82, 2.24) is 4.90 Å². The maximum Gasteiger partial charge on any atom is 0.412 e. The summed E-state index contributed by atoms with van der Waals surface area (Å²) in [6, 6.07) is 33.8. The molecule has 1 aliphatic heterocycles. The number of rotatable bonds is 19. The molecule has 8 nitrogen and oxygen atoms in total. The Labute approximate surface area is 374 Å². The van der Waals surface area contributed by atoms with Crippen LogP contribution in [0.5, 0.6) is 11.5 Å². The molecular formula is C49H64INO7Si2. The van der Waals surface area contributed by atoms with E-state index in [9.17, 15) is 9.59 Å². The summed E-state index contributed by atoms with van der Waals surface area (Å²) in [5.41, 5.74) is 3.64. The fraction of sp³-hybridized carbons (Fsp3) is 0.429. The highest BCUT2D eigenvalue weighted by molar-refractivity contribution is 14.1. The summed E-state index contributed by atoms with van der Waals surface area (Å²) in [7, 11) is -4.37. The molecule has 0 aliphatic carbocycles. The molecular weight excluding hydrogens is 898 g/mol. The van der Waals surface area contributed by atoms with Crippen molar-refractivity contribution >= 4 is 51.6 Å². The second-order valence-electron chi connectivity index (χ2n) is 18.5. The fourth-order valence-electron chi connectivity index (χ4n) is 7.32. The zero-order valence-corrected chi connectivity index (χ0v) is 41.4. The van der Waals surface area contributed by atoms with Crippen LogP contribution in [-0.4, -0.2) is 46.6 Å². The van der Waals surface area contributed by atoms with E-state index < -0.39 is 34.4 Å². The maximum absolute atomic E-state index is 13.6. The minimum absolute atomic E-state index is 0.0327. The zero-order chi connectivity index (χ0) is 43.9. The van der Waals surface area contributed by atoms with Gasteiger partial charge in [0.15, 0.2) is 22.4 Å². The average molecular weight is 962 g/mol. The molecule has 0 unspecified atom stereocenters. The number of carbonyl (C=O) groups excluding carboxylic acids is 2. The molecule has 4 aromatic carbocycles. The first-order chi connectivity index (χ1) is 28.2. The molecule has 0 N–H and O–H groups in total. The monoisotopic (exact) mass is 961 g/mol. The highest BCUT2D eigenvalue weighted by atomic mass is 127. The van der Waals surface area contributed by atoms with E-state index in [0.29, 0.717) is 30.9 Å². The Bertz CT molecular complexity index is 2040. The van der Waals surface area contributed by atoms with E-state index >= 15 is 0 Å². The van der Waals surface area contributed by atoms with Gasteiger partial charge in [0.1, 0.15) is 37.6 Å². The summed E-state index contributed by atoms with van der Waals surface area (Å²) in [5, 5.41) is 0.110. The number of allylic oxidation sites excluding steroid dienone is 1. The lowest BCUT2D eigenvalue weighted by Crippen LogP contribution is -2.60. The average Bonchev–Trinajstić information content (AvgIpc) is 3.56. The van der Waals surface area contributed by atoms with Gasteiger partial charge in [0.05, 0.1) is 18.1 Å². The Balaban J connectivity index is 1.25. The summed E-state index contributed by atoms with van der Waals surface area (Å²) >= 11 is 2.38. The Morgan fingerprint density at radius 2 is 1.35 bits per heavy atom. The SMILES string of the molecule is C/C(I)=C\[C@H](C)[C@H](O[Si](C)(C)C(C)(C)C)c1ccc(OCc2ccc(COc3ccc([C@@](O[Si](C)(C)C)([C@@H](C)C=O)N4C(=O)OC[C@@H]4Cc4ccccc4)cc3)cc2)cc1. The second-order valence-corrected chi connectivity index (χ2v) is 29.4. The third kappa shape index (κ3) is 12.0. The van der Waals surface area contributed by atoms with Crippen molar-refractivity contribution in [3.05, 3.63) is 141 Å². The second kappa shape index (κ2) is 20.0. The lowest BCUT2D eigenvalue weighted by atomic mass is 9.87. The Morgan fingerprint density at radius 1 is 0.817 bits per heavy atom. The van der Waals surface area contributed by atoms with Crippen LogP contribution >= 0.6 is 22.6 Å². The predicted octanol–water partition coefficient (Wildman–Crippen LogP) is 12.8.